The van der Waals surface area contributed by atoms with Gasteiger partial charge >= 0.3 is 6.03 Å². The van der Waals surface area contributed by atoms with Crippen molar-refractivity contribution in [3.8, 4) is 5.69 Å². The molecule has 8 heteroatoms. The molecule has 1 fully saturated rings. The molecule has 3 rings (SSSR count). The summed E-state index contributed by atoms with van der Waals surface area (Å²) in [6.07, 6.45) is 2.23. The third kappa shape index (κ3) is 2.92. The number of rotatable bonds is 5. The van der Waals surface area contributed by atoms with Gasteiger partial charge in [0, 0.05) is 13.0 Å². The molecule has 0 radical (unpaired) electrons. The maximum atomic E-state index is 13.4. The number of hydrogen-bond donors (Lipinski definition) is 1. The van der Waals surface area contributed by atoms with E-state index in [4.69, 9.17) is 0 Å². The second kappa shape index (κ2) is 6.15. The van der Waals surface area contributed by atoms with Crippen LogP contribution < -0.4 is 5.32 Å². The van der Waals surface area contributed by atoms with Crippen molar-refractivity contribution in [3.05, 3.63) is 42.2 Å². The summed E-state index contributed by atoms with van der Waals surface area (Å²) in [4.78, 5) is 29.4. The van der Waals surface area contributed by atoms with Crippen LogP contribution in [0.4, 0.5) is 9.18 Å². The van der Waals surface area contributed by atoms with Gasteiger partial charge in [-0.15, -0.1) is 0 Å². The lowest BCUT2D eigenvalue weighted by Crippen LogP contribution is -2.33. The first-order valence-corrected chi connectivity index (χ1v) is 7.37. The van der Waals surface area contributed by atoms with Crippen LogP contribution in [-0.4, -0.2) is 44.2 Å². The smallest absolute Gasteiger partial charge is 0.324 e. The summed E-state index contributed by atoms with van der Waals surface area (Å²) in [5, 5.41) is 6.72. The van der Waals surface area contributed by atoms with Gasteiger partial charge in [0.2, 0.25) is 0 Å². The van der Waals surface area contributed by atoms with E-state index in [1.807, 2.05) is 6.92 Å². The molecule has 1 aromatic heterocycles. The fourth-order valence-electron chi connectivity index (χ4n) is 2.56. The molecule has 1 saturated heterocycles. The van der Waals surface area contributed by atoms with Gasteiger partial charge in [0.1, 0.15) is 24.0 Å². The van der Waals surface area contributed by atoms with E-state index >= 15 is 0 Å². The van der Waals surface area contributed by atoms with Crippen LogP contribution in [0.2, 0.25) is 0 Å². The first-order valence-electron chi connectivity index (χ1n) is 7.37. The number of nitrogens with one attached hydrogen (secondary N) is 1. The van der Waals surface area contributed by atoms with Crippen LogP contribution in [0.25, 0.3) is 5.69 Å². The van der Waals surface area contributed by atoms with Crippen LogP contribution in [0.1, 0.15) is 19.2 Å². The molecular formula is C15H16FN5O2. The standard InChI is InChI=1S/C15H16FN5O2/c1-2-6-20-14(22)12(19-15(20)23)8-13-17-9-18-21(13)11-5-3-4-10(16)7-11/h3-5,7,9,12H,2,6,8H2,1H3,(H,19,23). The van der Waals surface area contributed by atoms with E-state index < -0.39 is 12.1 Å². The quantitative estimate of drug-likeness (QED) is 0.843. The van der Waals surface area contributed by atoms with Gasteiger partial charge in [-0.25, -0.2) is 18.9 Å². The number of urea groups is 1. The molecule has 0 aliphatic carbocycles. The number of amides is 3. The van der Waals surface area contributed by atoms with Crippen molar-refractivity contribution >= 4 is 11.9 Å². The molecule has 2 aromatic rings. The predicted molar refractivity (Wildman–Crippen MR) is 79.3 cm³/mol. The lowest BCUT2D eigenvalue weighted by atomic mass is 10.2. The highest BCUT2D eigenvalue weighted by Gasteiger charge is 2.38. The molecule has 0 saturated carbocycles. The fraction of sp³-hybridized carbons (Fsp3) is 0.333. The van der Waals surface area contributed by atoms with Gasteiger partial charge in [-0.2, -0.15) is 5.10 Å². The number of halogens is 1. The molecule has 7 nitrogen and oxygen atoms in total. The zero-order valence-corrected chi connectivity index (χ0v) is 12.6. The summed E-state index contributed by atoms with van der Waals surface area (Å²) in [5.74, 6) is -0.179. The van der Waals surface area contributed by atoms with Crippen LogP contribution in [0.3, 0.4) is 0 Å². The van der Waals surface area contributed by atoms with Crippen molar-refractivity contribution in [1.29, 1.82) is 0 Å². The first-order chi connectivity index (χ1) is 11.1. The Bertz CT molecular complexity index is 745. The van der Waals surface area contributed by atoms with Crippen molar-refractivity contribution in [3.63, 3.8) is 0 Å². The molecule has 1 N–H and O–H groups in total. The SMILES string of the molecule is CCCN1C(=O)NC(Cc2ncnn2-c2cccc(F)c2)C1=O. The second-order valence-corrected chi connectivity index (χ2v) is 5.26. The monoisotopic (exact) mass is 317 g/mol. The van der Waals surface area contributed by atoms with Crippen LogP contribution in [0, 0.1) is 5.82 Å². The highest BCUT2D eigenvalue weighted by Crippen LogP contribution is 2.15. The van der Waals surface area contributed by atoms with Gasteiger partial charge in [0.05, 0.1) is 5.69 Å². The Balaban J connectivity index is 1.81. The Hall–Kier alpha value is -2.77. The lowest BCUT2D eigenvalue weighted by Gasteiger charge is -2.11. The van der Waals surface area contributed by atoms with E-state index in [1.165, 1.54) is 28.0 Å². The summed E-state index contributed by atoms with van der Waals surface area (Å²) in [5.41, 5.74) is 0.514. The molecule has 1 aliphatic rings. The summed E-state index contributed by atoms with van der Waals surface area (Å²) in [7, 11) is 0. The number of hydrogen-bond acceptors (Lipinski definition) is 4. The Labute approximate surface area is 132 Å². The van der Waals surface area contributed by atoms with Crippen molar-refractivity contribution in [2.45, 2.75) is 25.8 Å². The van der Waals surface area contributed by atoms with E-state index in [1.54, 1.807) is 12.1 Å². The Morgan fingerprint density at radius 2 is 2.17 bits per heavy atom. The third-order valence-electron chi connectivity index (χ3n) is 3.61. The Morgan fingerprint density at radius 3 is 2.91 bits per heavy atom. The Kier molecular flexibility index (Phi) is 4.05. The summed E-state index contributed by atoms with van der Waals surface area (Å²) < 4.78 is 14.8. The molecule has 0 bridgehead atoms. The van der Waals surface area contributed by atoms with Crippen molar-refractivity contribution in [2.75, 3.05) is 6.54 Å². The molecule has 1 unspecified atom stereocenters. The van der Waals surface area contributed by atoms with E-state index in [2.05, 4.69) is 15.4 Å². The number of nitrogens with zero attached hydrogens (tertiary/aromatic N) is 4. The van der Waals surface area contributed by atoms with Gasteiger partial charge in [0.15, 0.2) is 0 Å². The molecule has 120 valence electrons. The number of benzene rings is 1. The third-order valence-corrected chi connectivity index (χ3v) is 3.61. The minimum Gasteiger partial charge on any atom is -0.325 e. The van der Waals surface area contributed by atoms with Gasteiger partial charge in [-0.3, -0.25) is 9.69 Å². The van der Waals surface area contributed by atoms with Crippen LogP contribution in [0.15, 0.2) is 30.6 Å². The van der Waals surface area contributed by atoms with E-state index in [0.29, 0.717) is 24.5 Å². The zero-order chi connectivity index (χ0) is 16.4. The minimum atomic E-state index is -0.675. The number of imide groups is 1. The molecule has 23 heavy (non-hydrogen) atoms. The number of carbonyl (C=O) groups excluding carboxylic acids is 2. The largest absolute Gasteiger partial charge is 0.325 e. The van der Waals surface area contributed by atoms with E-state index in [0.717, 1.165) is 0 Å². The van der Waals surface area contributed by atoms with Crippen LogP contribution >= 0.6 is 0 Å². The fourth-order valence-corrected chi connectivity index (χ4v) is 2.56. The van der Waals surface area contributed by atoms with Crippen molar-refractivity contribution in [1.82, 2.24) is 25.0 Å². The molecule has 1 atom stereocenters. The highest BCUT2D eigenvalue weighted by atomic mass is 19.1. The van der Waals surface area contributed by atoms with Crippen molar-refractivity contribution in [2.24, 2.45) is 0 Å². The van der Waals surface area contributed by atoms with Crippen molar-refractivity contribution < 1.29 is 14.0 Å². The van der Waals surface area contributed by atoms with Gasteiger partial charge in [0.25, 0.3) is 5.91 Å². The molecule has 3 amide bonds. The molecule has 2 heterocycles. The average molecular weight is 317 g/mol. The topological polar surface area (TPSA) is 80.1 Å². The molecular weight excluding hydrogens is 301 g/mol. The molecule has 1 aromatic carbocycles. The van der Waals surface area contributed by atoms with Gasteiger partial charge in [-0.1, -0.05) is 13.0 Å². The molecule has 0 spiro atoms. The average Bonchev–Trinajstić information content (AvgIpc) is 3.08. The zero-order valence-electron chi connectivity index (χ0n) is 12.6. The maximum Gasteiger partial charge on any atom is 0.324 e. The minimum absolute atomic E-state index is 0.196. The molecule has 1 aliphatic heterocycles. The van der Waals surface area contributed by atoms with Crippen LogP contribution in [-0.2, 0) is 11.2 Å². The van der Waals surface area contributed by atoms with E-state index in [9.17, 15) is 14.0 Å². The number of carbonyl (C=O) groups is 2. The summed E-state index contributed by atoms with van der Waals surface area (Å²) in [6.45, 7) is 2.28. The maximum absolute atomic E-state index is 13.4. The van der Waals surface area contributed by atoms with Crippen LogP contribution in [0.5, 0.6) is 0 Å². The second-order valence-electron chi connectivity index (χ2n) is 5.26. The normalized spacial score (nSPS) is 17.7. The first kappa shape index (κ1) is 15.1. The lowest BCUT2D eigenvalue weighted by molar-refractivity contribution is -0.127. The summed E-state index contributed by atoms with van der Waals surface area (Å²) >= 11 is 0. The predicted octanol–water partition coefficient (Wildman–Crippen LogP) is 1.28. The van der Waals surface area contributed by atoms with E-state index in [-0.39, 0.29) is 18.1 Å². The highest BCUT2D eigenvalue weighted by molar-refractivity contribution is 6.04. The summed E-state index contributed by atoms with van der Waals surface area (Å²) in [6, 6.07) is 4.87. The number of aromatic nitrogens is 3. The Morgan fingerprint density at radius 1 is 1.35 bits per heavy atom. The van der Waals surface area contributed by atoms with Gasteiger partial charge in [-0.05, 0) is 24.6 Å². The van der Waals surface area contributed by atoms with Gasteiger partial charge < -0.3 is 5.32 Å².